The van der Waals surface area contributed by atoms with Crippen LogP contribution in [-0.2, 0) is 24.3 Å². The van der Waals surface area contributed by atoms with Gasteiger partial charge in [0.1, 0.15) is 0 Å². The molecule has 1 aliphatic rings. The molecule has 0 unspecified atom stereocenters. The predicted octanol–water partition coefficient (Wildman–Crippen LogP) is 6.03. The van der Waals surface area contributed by atoms with Gasteiger partial charge < -0.3 is 19.3 Å². The van der Waals surface area contributed by atoms with Gasteiger partial charge in [-0.2, -0.15) is 5.10 Å². The summed E-state index contributed by atoms with van der Waals surface area (Å²) >= 11 is 0. The molecule has 1 N–H and O–H groups in total. The Kier molecular flexibility index (Phi) is 9.50. The molecule has 7 heteroatoms. The molecule has 0 amide bonds. The Morgan fingerprint density at radius 2 is 1.62 bits per heavy atom. The zero-order valence-electron chi connectivity index (χ0n) is 23.4. The molecular weight excluding hydrogens is 502 g/mol. The molecule has 1 aliphatic carbocycles. The second kappa shape index (κ2) is 13.6. The molecule has 0 spiro atoms. The van der Waals surface area contributed by atoms with Gasteiger partial charge in [0.15, 0.2) is 11.5 Å². The normalized spacial score (nSPS) is 13.9. The number of para-hydroxylation sites is 3. The largest absolute Gasteiger partial charge is 0.493 e. The van der Waals surface area contributed by atoms with Crippen molar-refractivity contribution in [2.45, 2.75) is 45.4 Å². The van der Waals surface area contributed by atoms with E-state index < -0.39 is 6.10 Å². The van der Waals surface area contributed by atoms with Crippen molar-refractivity contribution in [1.82, 2.24) is 14.7 Å². The smallest absolute Gasteiger partial charge is 0.227 e. The monoisotopic (exact) mass is 541 g/mol. The second-order valence-corrected chi connectivity index (χ2v) is 10.4. The summed E-state index contributed by atoms with van der Waals surface area (Å²) in [6.45, 7) is 4.94. The fourth-order valence-electron chi connectivity index (χ4n) is 4.91. The zero-order valence-corrected chi connectivity index (χ0v) is 23.4. The molecule has 0 saturated heterocycles. The molecule has 40 heavy (non-hydrogen) atoms. The van der Waals surface area contributed by atoms with Crippen molar-refractivity contribution in [3.63, 3.8) is 0 Å². The number of aromatic nitrogens is 2. The van der Waals surface area contributed by atoms with Crippen molar-refractivity contribution >= 4 is 0 Å². The van der Waals surface area contributed by atoms with Crippen LogP contribution in [0.15, 0.2) is 84.9 Å². The Balaban J connectivity index is 1.40. The molecule has 0 radical (unpaired) electrons. The fraction of sp³-hybridized carbons (Fsp3) is 0.364. The summed E-state index contributed by atoms with van der Waals surface area (Å²) in [6, 6.07) is 27.8. The Hall–Kier alpha value is -3.65. The molecule has 0 bridgehead atoms. The summed E-state index contributed by atoms with van der Waals surface area (Å²) in [4.78, 5) is 2.33. The van der Waals surface area contributed by atoms with Gasteiger partial charge in [0.25, 0.3) is 0 Å². The summed E-state index contributed by atoms with van der Waals surface area (Å²) in [5, 5.41) is 16.0. The molecule has 7 nitrogen and oxygen atoms in total. The number of aryl methyl sites for hydroxylation is 1. The third-order valence-corrected chi connectivity index (χ3v) is 7.12. The van der Waals surface area contributed by atoms with Gasteiger partial charge >= 0.3 is 0 Å². The minimum absolute atomic E-state index is 0.282. The number of hydrogen-bond acceptors (Lipinski definition) is 6. The predicted molar refractivity (Wildman–Crippen MR) is 156 cm³/mol. The lowest BCUT2D eigenvalue weighted by molar-refractivity contribution is 0.00768. The third kappa shape index (κ3) is 7.30. The van der Waals surface area contributed by atoms with Crippen LogP contribution in [0.3, 0.4) is 0 Å². The molecule has 210 valence electrons. The molecule has 3 aromatic carbocycles. The van der Waals surface area contributed by atoms with Gasteiger partial charge in [-0.15, -0.1) is 0 Å². The highest BCUT2D eigenvalue weighted by atomic mass is 16.5. The Morgan fingerprint density at radius 3 is 2.30 bits per heavy atom. The Bertz CT molecular complexity index is 1340. The quantitative estimate of drug-likeness (QED) is 0.198. The number of methoxy groups -OCH3 is 1. The molecule has 1 fully saturated rings. The van der Waals surface area contributed by atoms with E-state index in [1.165, 1.54) is 12.8 Å². The van der Waals surface area contributed by atoms with E-state index in [0.29, 0.717) is 43.0 Å². The number of ether oxygens (including phenoxy) is 3. The first-order valence-electron chi connectivity index (χ1n) is 14.1. The van der Waals surface area contributed by atoms with Crippen LogP contribution in [0.4, 0.5) is 0 Å². The Morgan fingerprint density at radius 1 is 0.950 bits per heavy atom. The summed E-state index contributed by atoms with van der Waals surface area (Å²) < 4.78 is 19.9. The number of hydrogen-bond donors (Lipinski definition) is 1. The summed E-state index contributed by atoms with van der Waals surface area (Å²) in [5.74, 6) is 2.62. The van der Waals surface area contributed by atoms with Crippen molar-refractivity contribution in [3.8, 4) is 23.1 Å². The lowest BCUT2D eigenvalue weighted by atomic mass is 10.1. The van der Waals surface area contributed by atoms with Crippen molar-refractivity contribution < 1.29 is 19.3 Å². The summed E-state index contributed by atoms with van der Waals surface area (Å²) in [6.07, 6.45) is 2.62. The van der Waals surface area contributed by atoms with E-state index in [1.54, 1.807) is 7.11 Å². The Labute approximate surface area is 236 Å². The number of aliphatic hydroxyl groups is 1. The van der Waals surface area contributed by atoms with Gasteiger partial charge in [-0.25, -0.2) is 4.68 Å². The molecule has 4 aromatic rings. The minimum Gasteiger partial charge on any atom is -0.493 e. The number of rotatable bonds is 15. The fourth-order valence-corrected chi connectivity index (χ4v) is 4.91. The lowest BCUT2D eigenvalue weighted by Crippen LogP contribution is -2.36. The molecule has 0 aliphatic heterocycles. The zero-order chi connectivity index (χ0) is 27.7. The van der Waals surface area contributed by atoms with Gasteiger partial charge in [-0.05, 0) is 55.0 Å². The van der Waals surface area contributed by atoms with Crippen molar-refractivity contribution in [2.24, 2.45) is 5.92 Å². The number of nitrogens with zero attached hydrogens (tertiary/aromatic N) is 3. The average Bonchev–Trinajstić information content (AvgIpc) is 3.74. The number of aliphatic hydroxyl groups excluding tert-OH is 1. The standard InChI is InChI=1S/C33H39N3O4/c1-3-30-29(22-35(20-25-18-19-25)21-28(37)24-39-23-26-12-6-4-7-13-26)33(36(34-30)27-14-8-5-9-15-27)40-32-17-11-10-16-31(32)38-2/h4-17,25,28,37H,3,18-24H2,1-2H3/t28-/m0/s1. The van der Waals surface area contributed by atoms with E-state index >= 15 is 0 Å². The van der Waals surface area contributed by atoms with Crippen molar-refractivity contribution in [1.29, 1.82) is 0 Å². The highest BCUT2D eigenvalue weighted by Gasteiger charge is 2.29. The maximum atomic E-state index is 11.0. The van der Waals surface area contributed by atoms with Crippen LogP contribution in [0, 0.1) is 5.92 Å². The van der Waals surface area contributed by atoms with Gasteiger partial charge in [-0.1, -0.05) is 67.6 Å². The highest BCUT2D eigenvalue weighted by Crippen LogP contribution is 2.37. The average molecular weight is 542 g/mol. The van der Waals surface area contributed by atoms with Crippen LogP contribution in [-0.4, -0.2) is 52.7 Å². The van der Waals surface area contributed by atoms with E-state index in [2.05, 4.69) is 11.8 Å². The maximum absolute atomic E-state index is 11.0. The van der Waals surface area contributed by atoms with E-state index in [-0.39, 0.29) is 6.61 Å². The minimum atomic E-state index is -0.602. The SMILES string of the molecule is CCc1nn(-c2ccccc2)c(Oc2ccccc2OC)c1CN(CC1CC1)C[C@H](O)COCc1ccccc1. The first kappa shape index (κ1) is 27.9. The van der Waals surface area contributed by atoms with Gasteiger partial charge in [0, 0.05) is 19.6 Å². The van der Waals surface area contributed by atoms with E-state index in [0.717, 1.165) is 35.5 Å². The number of benzene rings is 3. The van der Waals surface area contributed by atoms with E-state index in [9.17, 15) is 5.11 Å². The van der Waals surface area contributed by atoms with Gasteiger partial charge in [-0.3, -0.25) is 4.90 Å². The van der Waals surface area contributed by atoms with Gasteiger partial charge in [0.05, 0.1) is 43.4 Å². The van der Waals surface area contributed by atoms with Crippen LogP contribution < -0.4 is 9.47 Å². The maximum Gasteiger partial charge on any atom is 0.227 e. The molecule has 1 heterocycles. The lowest BCUT2D eigenvalue weighted by Gasteiger charge is -2.25. The van der Waals surface area contributed by atoms with Gasteiger partial charge in [0.2, 0.25) is 5.88 Å². The highest BCUT2D eigenvalue weighted by molar-refractivity contribution is 5.47. The van der Waals surface area contributed by atoms with Crippen LogP contribution in [0.5, 0.6) is 17.4 Å². The molecule has 1 aromatic heterocycles. The van der Waals surface area contributed by atoms with Crippen LogP contribution in [0.2, 0.25) is 0 Å². The first-order chi connectivity index (χ1) is 19.6. The third-order valence-electron chi connectivity index (χ3n) is 7.12. The van der Waals surface area contributed by atoms with E-state index in [1.807, 2.05) is 89.6 Å². The van der Waals surface area contributed by atoms with Crippen molar-refractivity contribution in [3.05, 3.63) is 102 Å². The molecule has 5 rings (SSSR count). The first-order valence-corrected chi connectivity index (χ1v) is 14.1. The topological polar surface area (TPSA) is 69.0 Å². The van der Waals surface area contributed by atoms with Crippen molar-refractivity contribution in [2.75, 3.05) is 26.8 Å². The molecular formula is C33H39N3O4. The van der Waals surface area contributed by atoms with E-state index in [4.69, 9.17) is 19.3 Å². The van der Waals surface area contributed by atoms with Crippen LogP contribution in [0.25, 0.3) is 5.69 Å². The van der Waals surface area contributed by atoms with Crippen LogP contribution >= 0.6 is 0 Å². The summed E-state index contributed by atoms with van der Waals surface area (Å²) in [7, 11) is 1.65. The summed E-state index contributed by atoms with van der Waals surface area (Å²) in [5.41, 5.74) is 4.03. The molecule has 1 saturated carbocycles. The van der Waals surface area contributed by atoms with Crippen LogP contribution in [0.1, 0.15) is 36.6 Å². The molecule has 1 atom stereocenters. The second-order valence-electron chi connectivity index (χ2n) is 10.4.